The van der Waals surface area contributed by atoms with E-state index in [1.54, 1.807) is 4.90 Å². The molecular weight excluding hydrogens is 277 g/mol. The second kappa shape index (κ2) is 6.56. The summed E-state index contributed by atoms with van der Waals surface area (Å²) >= 11 is 0. The maximum Gasteiger partial charge on any atom is 0.303 e. The van der Waals surface area contributed by atoms with E-state index in [9.17, 15) is 19.1 Å². The normalized spacial score (nSPS) is 18.5. The molecule has 0 radical (unpaired) electrons. The monoisotopic (exact) mass is 295 g/mol. The molecule has 1 saturated heterocycles. The minimum Gasteiger partial charge on any atom is -0.507 e. The number of carbonyl (C=O) groups is 2. The van der Waals surface area contributed by atoms with Crippen LogP contribution in [0.1, 0.15) is 42.5 Å². The first-order valence-electron chi connectivity index (χ1n) is 7.00. The molecule has 0 saturated carbocycles. The number of likely N-dealkylation sites (tertiary alicyclic amines) is 1. The van der Waals surface area contributed by atoms with E-state index >= 15 is 0 Å². The van der Waals surface area contributed by atoms with Crippen LogP contribution in [0, 0.1) is 5.82 Å². The molecule has 1 heterocycles. The Bertz CT molecular complexity index is 546. The van der Waals surface area contributed by atoms with Gasteiger partial charge in [-0.15, -0.1) is 0 Å². The minimum absolute atomic E-state index is 0.0103. The molecule has 1 amide bonds. The van der Waals surface area contributed by atoms with E-state index in [0.717, 1.165) is 37.5 Å². The Hall–Kier alpha value is -2.11. The Morgan fingerprint density at radius 1 is 1.33 bits per heavy atom. The summed E-state index contributed by atoms with van der Waals surface area (Å²) in [5, 5.41) is 18.5. The molecule has 0 aliphatic carbocycles. The number of aromatic hydroxyl groups is 1. The number of aliphatic carboxylic acids is 1. The van der Waals surface area contributed by atoms with Gasteiger partial charge in [0.2, 0.25) is 0 Å². The van der Waals surface area contributed by atoms with Crippen LogP contribution in [-0.4, -0.2) is 39.6 Å². The van der Waals surface area contributed by atoms with Gasteiger partial charge in [-0.2, -0.15) is 0 Å². The van der Waals surface area contributed by atoms with Gasteiger partial charge in [-0.25, -0.2) is 4.39 Å². The molecule has 1 aliphatic rings. The maximum atomic E-state index is 13.3. The summed E-state index contributed by atoms with van der Waals surface area (Å²) in [7, 11) is 0. The Morgan fingerprint density at radius 2 is 2.10 bits per heavy atom. The van der Waals surface area contributed by atoms with Crippen LogP contribution in [0.5, 0.6) is 5.75 Å². The fourth-order valence-corrected chi connectivity index (χ4v) is 2.69. The van der Waals surface area contributed by atoms with Gasteiger partial charge in [-0.3, -0.25) is 9.59 Å². The zero-order valence-electron chi connectivity index (χ0n) is 11.6. The van der Waals surface area contributed by atoms with Crippen molar-refractivity contribution in [2.24, 2.45) is 0 Å². The fraction of sp³-hybridized carbons (Fsp3) is 0.467. The van der Waals surface area contributed by atoms with Crippen molar-refractivity contribution in [1.82, 2.24) is 4.90 Å². The molecule has 0 aromatic heterocycles. The average Bonchev–Trinajstić information content (AvgIpc) is 2.47. The Labute approximate surface area is 122 Å². The van der Waals surface area contributed by atoms with Crippen LogP contribution in [0.15, 0.2) is 18.2 Å². The highest BCUT2D eigenvalue weighted by Gasteiger charge is 2.29. The fourth-order valence-electron chi connectivity index (χ4n) is 2.69. The van der Waals surface area contributed by atoms with E-state index in [4.69, 9.17) is 5.11 Å². The number of carbonyl (C=O) groups excluding carboxylic acids is 1. The molecular formula is C15H18FNO4. The number of amides is 1. The molecule has 114 valence electrons. The van der Waals surface area contributed by atoms with Crippen LogP contribution in [0.3, 0.4) is 0 Å². The van der Waals surface area contributed by atoms with Gasteiger partial charge < -0.3 is 15.1 Å². The van der Waals surface area contributed by atoms with Crippen molar-refractivity contribution in [1.29, 1.82) is 0 Å². The van der Waals surface area contributed by atoms with Crippen molar-refractivity contribution in [2.45, 2.75) is 38.1 Å². The smallest absolute Gasteiger partial charge is 0.303 e. The third-order valence-corrected chi connectivity index (χ3v) is 3.77. The number of phenols is 1. The molecule has 1 atom stereocenters. The number of hydrogen-bond acceptors (Lipinski definition) is 3. The summed E-state index contributed by atoms with van der Waals surface area (Å²) in [5.41, 5.74) is -0.0720. The van der Waals surface area contributed by atoms with E-state index in [-0.39, 0.29) is 23.8 Å². The van der Waals surface area contributed by atoms with Crippen LogP contribution < -0.4 is 0 Å². The van der Waals surface area contributed by atoms with Crippen molar-refractivity contribution < 1.29 is 24.2 Å². The van der Waals surface area contributed by atoms with Crippen LogP contribution in [-0.2, 0) is 4.79 Å². The molecule has 1 unspecified atom stereocenters. The standard InChI is InChI=1S/C15H18FNO4/c16-10-4-6-13(18)12(9-10)15(21)17-8-2-1-3-11(17)5-7-14(19)20/h4,6,9,11,18H,1-3,5,7-8H2,(H,19,20). The Balaban J connectivity index is 2.18. The highest BCUT2D eigenvalue weighted by molar-refractivity contribution is 5.97. The van der Waals surface area contributed by atoms with E-state index in [1.165, 1.54) is 0 Å². The number of rotatable bonds is 4. The van der Waals surface area contributed by atoms with Gasteiger partial charge in [0.05, 0.1) is 5.56 Å². The van der Waals surface area contributed by atoms with E-state index < -0.39 is 17.7 Å². The zero-order chi connectivity index (χ0) is 15.4. The van der Waals surface area contributed by atoms with Gasteiger partial charge in [0, 0.05) is 19.0 Å². The summed E-state index contributed by atoms with van der Waals surface area (Å²) in [4.78, 5) is 24.7. The van der Waals surface area contributed by atoms with Crippen LogP contribution >= 0.6 is 0 Å². The number of nitrogens with zero attached hydrogens (tertiary/aromatic N) is 1. The summed E-state index contributed by atoms with van der Waals surface area (Å²) in [6, 6.07) is 3.08. The van der Waals surface area contributed by atoms with Crippen molar-refractivity contribution in [2.75, 3.05) is 6.54 Å². The van der Waals surface area contributed by atoms with Crippen molar-refractivity contribution >= 4 is 11.9 Å². The predicted molar refractivity (Wildman–Crippen MR) is 73.6 cm³/mol. The zero-order valence-corrected chi connectivity index (χ0v) is 11.6. The molecule has 1 aromatic carbocycles. The van der Waals surface area contributed by atoms with Gasteiger partial charge in [-0.05, 0) is 43.9 Å². The second-order valence-corrected chi connectivity index (χ2v) is 5.24. The lowest BCUT2D eigenvalue weighted by Gasteiger charge is -2.35. The molecule has 21 heavy (non-hydrogen) atoms. The van der Waals surface area contributed by atoms with E-state index in [1.807, 2.05) is 0 Å². The molecule has 1 fully saturated rings. The lowest BCUT2D eigenvalue weighted by atomic mass is 9.96. The molecule has 5 nitrogen and oxygen atoms in total. The summed E-state index contributed by atoms with van der Waals surface area (Å²) in [6.45, 7) is 0.499. The quantitative estimate of drug-likeness (QED) is 0.894. The van der Waals surface area contributed by atoms with Gasteiger partial charge >= 0.3 is 5.97 Å². The number of phenolic OH excluding ortho intramolecular Hbond substituents is 1. The summed E-state index contributed by atoms with van der Waals surface area (Å²) < 4.78 is 13.3. The molecule has 2 rings (SSSR count). The highest BCUT2D eigenvalue weighted by Crippen LogP contribution is 2.26. The number of halogens is 1. The van der Waals surface area contributed by atoms with Gasteiger partial charge in [0.15, 0.2) is 0 Å². The van der Waals surface area contributed by atoms with Crippen molar-refractivity contribution in [3.63, 3.8) is 0 Å². The maximum absolute atomic E-state index is 13.3. The molecule has 1 aliphatic heterocycles. The molecule has 1 aromatic rings. The van der Waals surface area contributed by atoms with Gasteiger partial charge in [-0.1, -0.05) is 0 Å². The summed E-state index contributed by atoms with van der Waals surface area (Å²) in [5.74, 6) is -2.19. The van der Waals surface area contributed by atoms with Crippen LogP contribution in [0.25, 0.3) is 0 Å². The highest BCUT2D eigenvalue weighted by atomic mass is 19.1. The number of hydrogen-bond donors (Lipinski definition) is 2. The Kier molecular flexibility index (Phi) is 4.77. The first-order valence-corrected chi connectivity index (χ1v) is 7.00. The lowest BCUT2D eigenvalue weighted by Crippen LogP contribution is -2.44. The number of carboxylic acid groups (broad SMARTS) is 1. The van der Waals surface area contributed by atoms with Crippen LogP contribution in [0.4, 0.5) is 4.39 Å². The van der Waals surface area contributed by atoms with Gasteiger partial charge in [0.25, 0.3) is 5.91 Å². The third kappa shape index (κ3) is 3.71. The lowest BCUT2D eigenvalue weighted by molar-refractivity contribution is -0.137. The number of benzene rings is 1. The number of piperidine rings is 1. The largest absolute Gasteiger partial charge is 0.507 e. The third-order valence-electron chi connectivity index (χ3n) is 3.77. The second-order valence-electron chi connectivity index (χ2n) is 5.24. The molecule has 2 N–H and O–H groups in total. The molecule has 6 heteroatoms. The van der Waals surface area contributed by atoms with Gasteiger partial charge in [0.1, 0.15) is 11.6 Å². The number of carboxylic acids is 1. The summed E-state index contributed by atoms with van der Waals surface area (Å²) in [6.07, 6.45) is 2.85. The predicted octanol–water partition coefficient (Wildman–Crippen LogP) is 2.39. The topological polar surface area (TPSA) is 77.8 Å². The minimum atomic E-state index is -0.901. The van der Waals surface area contributed by atoms with Crippen LogP contribution in [0.2, 0.25) is 0 Å². The van der Waals surface area contributed by atoms with Crippen molar-refractivity contribution in [3.05, 3.63) is 29.6 Å². The van der Waals surface area contributed by atoms with Crippen molar-refractivity contribution in [3.8, 4) is 5.75 Å². The molecule has 0 spiro atoms. The average molecular weight is 295 g/mol. The Morgan fingerprint density at radius 3 is 2.81 bits per heavy atom. The SMILES string of the molecule is O=C(O)CCC1CCCCN1C(=O)c1cc(F)ccc1O. The first kappa shape index (κ1) is 15.3. The first-order chi connectivity index (χ1) is 9.99. The van der Waals surface area contributed by atoms with E-state index in [2.05, 4.69) is 0 Å². The molecule has 0 bridgehead atoms. The van der Waals surface area contributed by atoms with E-state index in [0.29, 0.717) is 13.0 Å².